The molecular weight excluding hydrogens is 176 g/mol. The SMILES string of the molecule is CC1(C)C(=O)N(O)C(=O)N1CCO. The molecule has 6 heteroatoms. The molecule has 0 spiro atoms. The van der Waals surface area contributed by atoms with E-state index < -0.39 is 17.5 Å². The predicted octanol–water partition coefficient (Wildman–Crippen LogP) is -0.589. The van der Waals surface area contributed by atoms with Gasteiger partial charge in [-0.3, -0.25) is 10.0 Å². The number of aliphatic hydroxyl groups excluding tert-OH is 1. The van der Waals surface area contributed by atoms with Gasteiger partial charge in [0.05, 0.1) is 6.61 Å². The molecule has 74 valence electrons. The Kier molecular flexibility index (Phi) is 2.27. The normalized spacial score (nSPS) is 21.5. The molecule has 3 amide bonds. The molecule has 0 unspecified atom stereocenters. The molecule has 0 aromatic heterocycles. The number of rotatable bonds is 2. The largest absolute Gasteiger partial charge is 0.395 e. The lowest BCUT2D eigenvalue weighted by molar-refractivity contribution is -0.152. The maximum absolute atomic E-state index is 11.3. The van der Waals surface area contributed by atoms with E-state index in [4.69, 9.17) is 10.3 Å². The van der Waals surface area contributed by atoms with Gasteiger partial charge in [-0.25, -0.2) is 4.79 Å². The van der Waals surface area contributed by atoms with Gasteiger partial charge < -0.3 is 10.0 Å². The Labute approximate surface area is 75.3 Å². The highest BCUT2D eigenvalue weighted by molar-refractivity contribution is 6.05. The first-order valence-electron chi connectivity index (χ1n) is 3.89. The molecule has 0 bridgehead atoms. The van der Waals surface area contributed by atoms with Gasteiger partial charge in [0.15, 0.2) is 0 Å². The van der Waals surface area contributed by atoms with Crippen molar-refractivity contribution in [1.29, 1.82) is 0 Å². The van der Waals surface area contributed by atoms with Crippen molar-refractivity contribution in [2.45, 2.75) is 19.4 Å². The Balaban J connectivity index is 2.95. The van der Waals surface area contributed by atoms with E-state index >= 15 is 0 Å². The van der Waals surface area contributed by atoms with Gasteiger partial charge in [-0.15, -0.1) is 5.06 Å². The number of aliphatic hydroxyl groups is 1. The highest BCUT2D eigenvalue weighted by atomic mass is 16.5. The number of hydrogen-bond donors (Lipinski definition) is 2. The van der Waals surface area contributed by atoms with Gasteiger partial charge >= 0.3 is 6.03 Å². The van der Waals surface area contributed by atoms with Gasteiger partial charge in [0.2, 0.25) is 0 Å². The maximum Gasteiger partial charge on any atom is 0.352 e. The fourth-order valence-electron chi connectivity index (χ4n) is 1.29. The van der Waals surface area contributed by atoms with E-state index in [1.54, 1.807) is 0 Å². The van der Waals surface area contributed by atoms with Crippen molar-refractivity contribution in [3.8, 4) is 0 Å². The summed E-state index contributed by atoms with van der Waals surface area (Å²) in [6.45, 7) is 2.82. The monoisotopic (exact) mass is 188 g/mol. The molecule has 0 radical (unpaired) electrons. The Bertz CT molecular complexity index is 251. The van der Waals surface area contributed by atoms with Gasteiger partial charge in [-0.1, -0.05) is 0 Å². The summed E-state index contributed by atoms with van der Waals surface area (Å²) in [5.41, 5.74) is -1.07. The smallest absolute Gasteiger partial charge is 0.352 e. The molecule has 1 aliphatic heterocycles. The summed E-state index contributed by atoms with van der Waals surface area (Å²) >= 11 is 0. The first-order chi connectivity index (χ1) is 5.92. The topological polar surface area (TPSA) is 81.1 Å². The highest BCUT2D eigenvalue weighted by Gasteiger charge is 2.50. The van der Waals surface area contributed by atoms with E-state index in [0.717, 1.165) is 4.90 Å². The van der Waals surface area contributed by atoms with E-state index in [2.05, 4.69) is 0 Å². The second-order valence-electron chi connectivity index (χ2n) is 3.33. The summed E-state index contributed by atoms with van der Waals surface area (Å²) < 4.78 is 0. The van der Waals surface area contributed by atoms with Gasteiger partial charge in [0, 0.05) is 6.54 Å². The molecule has 0 aromatic carbocycles. The lowest BCUT2D eigenvalue weighted by Crippen LogP contribution is -2.45. The van der Waals surface area contributed by atoms with Crippen LogP contribution in [0.1, 0.15) is 13.8 Å². The van der Waals surface area contributed by atoms with E-state index in [1.165, 1.54) is 13.8 Å². The first-order valence-corrected chi connectivity index (χ1v) is 3.89. The van der Waals surface area contributed by atoms with Gasteiger partial charge in [-0.05, 0) is 13.8 Å². The molecule has 1 aliphatic rings. The molecule has 0 aromatic rings. The fraction of sp³-hybridized carbons (Fsp3) is 0.714. The van der Waals surface area contributed by atoms with Crippen molar-refractivity contribution < 1.29 is 19.9 Å². The van der Waals surface area contributed by atoms with Crippen molar-refractivity contribution in [2.75, 3.05) is 13.2 Å². The number of urea groups is 1. The van der Waals surface area contributed by atoms with Crippen LogP contribution < -0.4 is 0 Å². The third-order valence-corrected chi connectivity index (χ3v) is 2.13. The van der Waals surface area contributed by atoms with Crippen LogP contribution in [0.15, 0.2) is 0 Å². The summed E-state index contributed by atoms with van der Waals surface area (Å²) in [5.74, 6) is -0.675. The molecular formula is C7H12N2O4. The zero-order chi connectivity index (χ0) is 10.2. The quantitative estimate of drug-likeness (QED) is 0.448. The lowest BCUT2D eigenvalue weighted by Gasteiger charge is -2.26. The zero-order valence-electron chi connectivity index (χ0n) is 7.52. The highest BCUT2D eigenvalue weighted by Crippen LogP contribution is 2.25. The minimum atomic E-state index is -1.07. The van der Waals surface area contributed by atoms with Crippen LogP contribution in [0.4, 0.5) is 4.79 Å². The number of hydroxylamine groups is 2. The fourth-order valence-corrected chi connectivity index (χ4v) is 1.29. The lowest BCUT2D eigenvalue weighted by atomic mass is 10.0. The molecule has 0 aliphatic carbocycles. The second-order valence-corrected chi connectivity index (χ2v) is 3.33. The van der Waals surface area contributed by atoms with Crippen LogP contribution in [0, 0.1) is 0 Å². The van der Waals surface area contributed by atoms with Crippen LogP contribution >= 0.6 is 0 Å². The zero-order valence-corrected chi connectivity index (χ0v) is 7.52. The van der Waals surface area contributed by atoms with E-state index in [0.29, 0.717) is 0 Å². The van der Waals surface area contributed by atoms with Crippen molar-refractivity contribution >= 4 is 11.9 Å². The van der Waals surface area contributed by atoms with E-state index in [-0.39, 0.29) is 18.2 Å². The molecule has 13 heavy (non-hydrogen) atoms. The van der Waals surface area contributed by atoms with Crippen molar-refractivity contribution in [3.05, 3.63) is 0 Å². The average Bonchev–Trinajstić information content (AvgIpc) is 2.20. The van der Waals surface area contributed by atoms with Crippen LogP contribution in [0.5, 0.6) is 0 Å². The number of amides is 3. The molecule has 0 atom stereocenters. The molecule has 1 saturated heterocycles. The Hall–Kier alpha value is -1.14. The number of imide groups is 1. The second kappa shape index (κ2) is 2.97. The Morgan fingerprint density at radius 3 is 2.23 bits per heavy atom. The van der Waals surface area contributed by atoms with Crippen LogP contribution in [-0.2, 0) is 4.79 Å². The van der Waals surface area contributed by atoms with E-state index in [1.807, 2.05) is 0 Å². The standard InChI is InChI=1S/C7H12N2O4/c1-7(2)5(11)9(13)6(12)8(7)3-4-10/h10,13H,3-4H2,1-2H3. The molecule has 1 fully saturated rings. The minimum absolute atomic E-state index is 0.0363. The molecule has 6 nitrogen and oxygen atoms in total. The summed E-state index contributed by atoms with van der Waals surface area (Å²) in [7, 11) is 0. The van der Waals surface area contributed by atoms with Crippen LogP contribution in [0.25, 0.3) is 0 Å². The predicted molar refractivity (Wildman–Crippen MR) is 41.9 cm³/mol. The number of β-amino-alcohol motifs (C(OH)–C–C–N with tert-alkyl or cyclic N) is 1. The summed E-state index contributed by atoms with van der Waals surface area (Å²) in [4.78, 5) is 23.6. The number of carbonyl (C=O) groups excluding carboxylic acids is 2. The van der Waals surface area contributed by atoms with Gasteiger partial charge in [0.1, 0.15) is 5.54 Å². The third-order valence-electron chi connectivity index (χ3n) is 2.13. The van der Waals surface area contributed by atoms with E-state index in [9.17, 15) is 9.59 Å². The maximum atomic E-state index is 11.3. The van der Waals surface area contributed by atoms with Crippen molar-refractivity contribution in [1.82, 2.24) is 9.96 Å². The van der Waals surface area contributed by atoms with Crippen LogP contribution in [-0.4, -0.2) is 50.9 Å². The van der Waals surface area contributed by atoms with Gasteiger partial charge in [0.25, 0.3) is 5.91 Å². The third kappa shape index (κ3) is 1.27. The number of nitrogens with zero attached hydrogens (tertiary/aromatic N) is 2. The van der Waals surface area contributed by atoms with Crippen molar-refractivity contribution in [2.24, 2.45) is 0 Å². The summed E-state index contributed by atoms with van der Waals surface area (Å²) in [6, 6.07) is -0.788. The molecule has 1 rings (SSSR count). The van der Waals surface area contributed by atoms with Crippen molar-refractivity contribution in [3.63, 3.8) is 0 Å². The Morgan fingerprint density at radius 2 is 1.92 bits per heavy atom. The Morgan fingerprint density at radius 1 is 1.38 bits per heavy atom. The summed E-state index contributed by atoms with van der Waals surface area (Å²) in [6.07, 6.45) is 0. The van der Waals surface area contributed by atoms with Crippen LogP contribution in [0.2, 0.25) is 0 Å². The first kappa shape index (κ1) is 9.94. The molecule has 0 saturated carbocycles. The molecule has 2 N–H and O–H groups in total. The minimum Gasteiger partial charge on any atom is -0.395 e. The average molecular weight is 188 g/mol. The summed E-state index contributed by atoms with van der Waals surface area (Å²) in [5, 5.41) is 17.7. The molecule has 1 heterocycles. The van der Waals surface area contributed by atoms with Gasteiger partial charge in [-0.2, -0.15) is 0 Å². The van der Waals surface area contributed by atoms with Crippen LogP contribution in [0.3, 0.4) is 0 Å². The number of carbonyl (C=O) groups is 2. The number of hydrogen-bond acceptors (Lipinski definition) is 4.